The van der Waals surface area contributed by atoms with Gasteiger partial charge in [0, 0.05) is 6.04 Å². The Morgan fingerprint density at radius 3 is 2.71 bits per heavy atom. The topological polar surface area (TPSA) is 58.6 Å². The number of aliphatic hydroxyl groups is 1. The summed E-state index contributed by atoms with van der Waals surface area (Å²) < 4.78 is 4.69. The highest BCUT2D eigenvalue weighted by Crippen LogP contribution is 2.19. The minimum absolute atomic E-state index is 0.0659. The number of methoxy groups -OCH3 is 1. The van der Waals surface area contributed by atoms with Gasteiger partial charge < -0.3 is 15.2 Å². The number of piperidine rings is 1. The van der Waals surface area contributed by atoms with E-state index in [0.717, 1.165) is 25.8 Å². The number of aliphatic hydroxyl groups excluding tert-OH is 1. The average molecular weight is 201 g/mol. The summed E-state index contributed by atoms with van der Waals surface area (Å²) >= 11 is 0. The maximum absolute atomic E-state index is 11.4. The highest BCUT2D eigenvalue weighted by Gasteiger charge is 2.33. The van der Waals surface area contributed by atoms with Crippen molar-refractivity contribution in [2.45, 2.75) is 38.3 Å². The second-order valence-corrected chi connectivity index (χ2v) is 3.85. The van der Waals surface area contributed by atoms with Crippen LogP contribution in [0.3, 0.4) is 0 Å². The molecule has 0 saturated carbocycles. The molecule has 0 aromatic carbocycles. The van der Waals surface area contributed by atoms with Gasteiger partial charge in [-0.25, -0.2) is 0 Å². The number of ether oxygens (including phenoxy) is 1. The predicted octanol–water partition coefficient (Wildman–Crippen LogP) is 0.299. The molecule has 14 heavy (non-hydrogen) atoms. The molecule has 1 aliphatic rings. The van der Waals surface area contributed by atoms with Crippen molar-refractivity contribution in [3.63, 3.8) is 0 Å². The fourth-order valence-corrected chi connectivity index (χ4v) is 2.02. The van der Waals surface area contributed by atoms with E-state index >= 15 is 0 Å². The Bertz CT molecular complexity index is 188. The van der Waals surface area contributed by atoms with Crippen LogP contribution in [0, 0.1) is 5.92 Å². The summed E-state index contributed by atoms with van der Waals surface area (Å²) in [6.45, 7) is 2.56. The molecular weight excluding hydrogens is 182 g/mol. The van der Waals surface area contributed by atoms with Crippen LogP contribution in [-0.2, 0) is 9.53 Å². The number of carbonyl (C=O) groups excluding carboxylic acids is 1. The van der Waals surface area contributed by atoms with E-state index < -0.39 is 12.0 Å². The summed E-state index contributed by atoms with van der Waals surface area (Å²) in [5.74, 6) is -0.750. The molecule has 0 spiro atoms. The third-order valence-corrected chi connectivity index (χ3v) is 2.77. The van der Waals surface area contributed by atoms with Crippen molar-refractivity contribution in [3.8, 4) is 0 Å². The van der Waals surface area contributed by atoms with Gasteiger partial charge in [0.1, 0.15) is 0 Å². The van der Waals surface area contributed by atoms with Crippen LogP contribution in [0.15, 0.2) is 0 Å². The van der Waals surface area contributed by atoms with Gasteiger partial charge in [-0.3, -0.25) is 4.79 Å². The van der Waals surface area contributed by atoms with Crippen LogP contribution >= 0.6 is 0 Å². The molecule has 1 rings (SSSR count). The fraction of sp³-hybridized carbons (Fsp3) is 0.900. The van der Waals surface area contributed by atoms with Gasteiger partial charge in [-0.05, 0) is 26.3 Å². The summed E-state index contributed by atoms with van der Waals surface area (Å²) in [5.41, 5.74) is 0. The molecule has 4 nitrogen and oxygen atoms in total. The van der Waals surface area contributed by atoms with Crippen molar-refractivity contribution in [3.05, 3.63) is 0 Å². The maximum Gasteiger partial charge on any atom is 0.312 e. The molecule has 0 unspecified atom stereocenters. The van der Waals surface area contributed by atoms with Crippen LogP contribution in [-0.4, -0.2) is 36.9 Å². The molecule has 0 bridgehead atoms. The second kappa shape index (κ2) is 5.32. The van der Waals surface area contributed by atoms with Crippen LogP contribution in [0.2, 0.25) is 0 Å². The van der Waals surface area contributed by atoms with E-state index in [-0.39, 0.29) is 12.0 Å². The first-order valence-corrected chi connectivity index (χ1v) is 5.16. The van der Waals surface area contributed by atoms with Crippen molar-refractivity contribution >= 4 is 5.97 Å². The third kappa shape index (κ3) is 2.69. The molecule has 1 aliphatic heterocycles. The molecular formula is C10H19NO3. The van der Waals surface area contributed by atoms with Crippen molar-refractivity contribution in [1.82, 2.24) is 5.32 Å². The lowest BCUT2D eigenvalue weighted by Gasteiger charge is -2.31. The molecule has 0 aromatic rings. The van der Waals surface area contributed by atoms with Gasteiger partial charge in [0.15, 0.2) is 0 Å². The first-order valence-electron chi connectivity index (χ1n) is 5.16. The molecule has 0 aliphatic carbocycles. The Balaban J connectivity index is 2.60. The Morgan fingerprint density at radius 2 is 2.29 bits per heavy atom. The Morgan fingerprint density at radius 1 is 1.57 bits per heavy atom. The normalized spacial score (nSPS) is 26.6. The largest absolute Gasteiger partial charge is 0.469 e. The molecule has 82 valence electrons. The standard InChI is InChI=1S/C10H19NO3/c1-7(12)9(10(13)14-2)8-5-3-4-6-11-8/h7-9,11-12H,3-6H2,1-2H3/t7-,8+,9-/m1/s1. The summed E-state index contributed by atoms with van der Waals surface area (Å²) in [6, 6.07) is 0.0659. The minimum atomic E-state index is -0.655. The van der Waals surface area contributed by atoms with Crippen LogP contribution in [0.5, 0.6) is 0 Å². The van der Waals surface area contributed by atoms with Gasteiger partial charge in [0.2, 0.25) is 0 Å². The van der Waals surface area contributed by atoms with Gasteiger partial charge in [-0.1, -0.05) is 6.42 Å². The molecule has 3 atom stereocenters. The lowest BCUT2D eigenvalue weighted by Crippen LogP contribution is -2.47. The summed E-state index contributed by atoms with van der Waals surface area (Å²) in [4.78, 5) is 11.4. The van der Waals surface area contributed by atoms with Gasteiger partial charge >= 0.3 is 5.97 Å². The summed E-state index contributed by atoms with van der Waals surface area (Å²) in [5, 5.41) is 12.8. The van der Waals surface area contributed by atoms with Gasteiger partial charge in [-0.15, -0.1) is 0 Å². The monoisotopic (exact) mass is 201 g/mol. The molecule has 0 radical (unpaired) electrons. The van der Waals surface area contributed by atoms with E-state index in [1.807, 2.05) is 0 Å². The molecule has 0 aromatic heterocycles. The van der Waals surface area contributed by atoms with E-state index in [1.165, 1.54) is 7.11 Å². The lowest BCUT2D eigenvalue weighted by atomic mass is 9.88. The molecule has 0 amide bonds. The Labute approximate surface area is 84.6 Å². The highest BCUT2D eigenvalue weighted by molar-refractivity contribution is 5.73. The highest BCUT2D eigenvalue weighted by atomic mass is 16.5. The van der Waals surface area contributed by atoms with Gasteiger partial charge in [0.05, 0.1) is 19.1 Å². The number of rotatable bonds is 3. The van der Waals surface area contributed by atoms with Crippen LogP contribution in [0.1, 0.15) is 26.2 Å². The van der Waals surface area contributed by atoms with Crippen LogP contribution < -0.4 is 5.32 Å². The SMILES string of the molecule is COC(=O)[C@@H]([C@@H]1CCCCN1)[C@@H](C)O. The number of nitrogens with one attached hydrogen (secondary N) is 1. The van der Waals surface area contributed by atoms with Crippen molar-refractivity contribution in [1.29, 1.82) is 0 Å². The van der Waals surface area contributed by atoms with Crippen LogP contribution in [0.4, 0.5) is 0 Å². The van der Waals surface area contributed by atoms with Crippen molar-refractivity contribution < 1.29 is 14.6 Å². The van der Waals surface area contributed by atoms with E-state index in [9.17, 15) is 9.90 Å². The van der Waals surface area contributed by atoms with Crippen LogP contribution in [0.25, 0.3) is 0 Å². The van der Waals surface area contributed by atoms with Gasteiger partial charge in [-0.2, -0.15) is 0 Å². The molecule has 1 fully saturated rings. The van der Waals surface area contributed by atoms with E-state index in [1.54, 1.807) is 6.92 Å². The molecule has 2 N–H and O–H groups in total. The molecule has 1 heterocycles. The number of hydrogen-bond donors (Lipinski definition) is 2. The number of esters is 1. The predicted molar refractivity (Wildman–Crippen MR) is 52.8 cm³/mol. The quantitative estimate of drug-likeness (QED) is 0.645. The van der Waals surface area contributed by atoms with Gasteiger partial charge in [0.25, 0.3) is 0 Å². The first kappa shape index (κ1) is 11.5. The Hall–Kier alpha value is -0.610. The first-order chi connectivity index (χ1) is 6.66. The fourth-order valence-electron chi connectivity index (χ4n) is 2.02. The van der Waals surface area contributed by atoms with E-state index in [0.29, 0.717) is 0 Å². The van der Waals surface area contributed by atoms with Crippen molar-refractivity contribution in [2.75, 3.05) is 13.7 Å². The minimum Gasteiger partial charge on any atom is -0.469 e. The van der Waals surface area contributed by atoms with E-state index in [2.05, 4.69) is 10.1 Å². The average Bonchev–Trinajstić information content (AvgIpc) is 2.19. The zero-order chi connectivity index (χ0) is 10.6. The summed E-state index contributed by atoms with van der Waals surface area (Å²) in [7, 11) is 1.36. The lowest BCUT2D eigenvalue weighted by molar-refractivity contribution is -0.150. The molecule has 1 saturated heterocycles. The number of carbonyl (C=O) groups is 1. The number of hydrogen-bond acceptors (Lipinski definition) is 4. The Kier molecular flexibility index (Phi) is 4.35. The summed E-state index contributed by atoms with van der Waals surface area (Å²) in [6.07, 6.45) is 2.53. The maximum atomic E-state index is 11.4. The smallest absolute Gasteiger partial charge is 0.312 e. The second-order valence-electron chi connectivity index (χ2n) is 3.85. The van der Waals surface area contributed by atoms with E-state index in [4.69, 9.17) is 0 Å². The van der Waals surface area contributed by atoms with Crippen molar-refractivity contribution in [2.24, 2.45) is 5.92 Å². The molecule has 4 heteroatoms. The third-order valence-electron chi connectivity index (χ3n) is 2.77. The zero-order valence-corrected chi connectivity index (χ0v) is 8.82. The zero-order valence-electron chi connectivity index (χ0n) is 8.82.